The molecule has 5 heteroatoms. The number of nitrogens with one attached hydrogen (secondary N) is 1. The van der Waals surface area contributed by atoms with Crippen LogP contribution in [0.25, 0.3) is 0 Å². The lowest BCUT2D eigenvalue weighted by molar-refractivity contribution is 0.155. The molecule has 0 unspecified atom stereocenters. The number of rotatable bonds is 2. The zero-order chi connectivity index (χ0) is 12.3. The highest BCUT2D eigenvalue weighted by Crippen LogP contribution is 2.24. The molecule has 1 saturated heterocycles. The molecule has 1 aliphatic heterocycles. The molecule has 0 bridgehead atoms. The Morgan fingerprint density at radius 3 is 2.59 bits per heavy atom. The summed E-state index contributed by atoms with van der Waals surface area (Å²) in [5, 5.41) is 11.7. The molecular formula is C12H12F2N2O. The van der Waals surface area contributed by atoms with Crippen LogP contribution >= 0.6 is 0 Å². The highest BCUT2D eigenvalue weighted by Gasteiger charge is 2.18. The van der Waals surface area contributed by atoms with Gasteiger partial charge in [-0.3, -0.25) is 0 Å². The molecule has 1 aromatic carbocycles. The van der Waals surface area contributed by atoms with E-state index in [4.69, 9.17) is 10.00 Å². The van der Waals surface area contributed by atoms with Crippen LogP contribution in [0.4, 0.5) is 8.78 Å². The van der Waals surface area contributed by atoms with Crippen molar-refractivity contribution in [2.24, 2.45) is 0 Å². The fraction of sp³-hybridized carbons (Fsp3) is 0.417. The zero-order valence-electron chi connectivity index (χ0n) is 9.17. The molecular weight excluding hydrogens is 226 g/mol. The lowest BCUT2D eigenvalue weighted by atomic mass is 10.1. The van der Waals surface area contributed by atoms with Gasteiger partial charge in [-0.1, -0.05) is 0 Å². The summed E-state index contributed by atoms with van der Waals surface area (Å²) in [4.78, 5) is 0. The van der Waals surface area contributed by atoms with Gasteiger partial charge in [0, 0.05) is 6.07 Å². The molecule has 1 aromatic rings. The van der Waals surface area contributed by atoms with E-state index in [-0.39, 0.29) is 17.4 Å². The van der Waals surface area contributed by atoms with E-state index in [1.807, 2.05) is 0 Å². The van der Waals surface area contributed by atoms with Gasteiger partial charge in [0.25, 0.3) is 0 Å². The Morgan fingerprint density at radius 1 is 1.24 bits per heavy atom. The topological polar surface area (TPSA) is 45.0 Å². The monoisotopic (exact) mass is 238 g/mol. The van der Waals surface area contributed by atoms with Crippen molar-refractivity contribution in [3.05, 3.63) is 29.3 Å². The van der Waals surface area contributed by atoms with E-state index in [0.29, 0.717) is 0 Å². The van der Waals surface area contributed by atoms with E-state index < -0.39 is 11.6 Å². The van der Waals surface area contributed by atoms with Crippen LogP contribution in [0.2, 0.25) is 0 Å². The van der Waals surface area contributed by atoms with E-state index in [1.54, 1.807) is 6.07 Å². The minimum Gasteiger partial charge on any atom is -0.487 e. The SMILES string of the molecule is N#Cc1cc(F)c(OC2CCNCC2)cc1F. The summed E-state index contributed by atoms with van der Waals surface area (Å²) in [5.41, 5.74) is -0.305. The Labute approximate surface area is 98.0 Å². The first-order valence-electron chi connectivity index (χ1n) is 5.47. The van der Waals surface area contributed by atoms with Crippen LogP contribution in [0.5, 0.6) is 5.75 Å². The molecule has 0 atom stereocenters. The average Bonchev–Trinajstić information content (AvgIpc) is 2.34. The third-order valence-corrected chi connectivity index (χ3v) is 2.72. The molecule has 90 valence electrons. The molecule has 0 saturated carbocycles. The van der Waals surface area contributed by atoms with Gasteiger partial charge < -0.3 is 10.1 Å². The molecule has 0 radical (unpaired) electrons. The number of ether oxygens (including phenoxy) is 1. The van der Waals surface area contributed by atoms with E-state index >= 15 is 0 Å². The van der Waals surface area contributed by atoms with Crippen LogP contribution in [-0.2, 0) is 0 Å². The van der Waals surface area contributed by atoms with Crippen LogP contribution in [0.1, 0.15) is 18.4 Å². The third kappa shape index (κ3) is 2.71. The van der Waals surface area contributed by atoms with Crippen LogP contribution in [0, 0.1) is 23.0 Å². The molecule has 0 aliphatic carbocycles. The summed E-state index contributed by atoms with van der Waals surface area (Å²) in [5.74, 6) is -1.56. The first kappa shape index (κ1) is 11.8. The van der Waals surface area contributed by atoms with Crippen LogP contribution in [-0.4, -0.2) is 19.2 Å². The highest BCUT2D eigenvalue weighted by atomic mass is 19.1. The number of nitrogens with zero attached hydrogens (tertiary/aromatic N) is 1. The van der Waals surface area contributed by atoms with E-state index in [0.717, 1.165) is 38.1 Å². The molecule has 1 fully saturated rings. The van der Waals surface area contributed by atoms with Gasteiger partial charge in [0.2, 0.25) is 0 Å². The van der Waals surface area contributed by atoms with Crippen LogP contribution < -0.4 is 10.1 Å². The summed E-state index contributed by atoms with van der Waals surface area (Å²) in [6.45, 7) is 1.62. The van der Waals surface area contributed by atoms with Crippen LogP contribution in [0.3, 0.4) is 0 Å². The van der Waals surface area contributed by atoms with Crippen molar-refractivity contribution in [2.45, 2.75) is 18.9 Å². The Morgan fingerprint density at radius 2 is 1.94 bits per heavy atom. The molecule has 17 heavy (non-hydrogen) atoms. The van der Waals surface area contributed by atoms with Crippen LogP contribution in [0.15, 0.2) is 12.1 Å². The van der Waals surface area contributed by atoms with Crippen molar-refractivity contribution >= 4 is 0 Å². The molecule has 0 aromatic heterocycles. The lowest BCUT2D eigenvalue weighted by Gasteiger charge is -2.24. The number of halogens is 2. The van der Waals surface area contributed by atoms with Gasteiger partial charge in [0.1, 0.15) is 18.0 Å². The van der Waals surface area contributed by atoms with Gasteiger partial charge in [-0.15, -0.1) is 0 Å². The maximum atomic E-state index is 13.5. The third-order valence-electron chi connectivity index (χ3n) is 2.72. The number of nitriles is 1. The summed E-state index contributed by atoms with van der Waals surface area (Å²) >= 11 is 0. The minimum atomic E-state index is -0.752. The second-order valence-electron chi connectivity index (χ2n) is 3.94. The van der Waals surface area contributed by atoms with Gasteiger partial charge >= 0.3 is 0 Å². The quantitative estimate of drug-likeness (QED) is 0.856. The highest BCUT2D eigenvalue weighted by molar-refractivity contribution is 5.37. The van der Waals surface area contributed by atoms with Gasteiger partial charge in [-0.05, 0) is 32.0 Å². The molecule has 1 N–H and O–H groups in total. The van der Waals surface area contributed by atoms with Crippen molar-refractivity contribution in [3.8, 4) is 11.8 Å². The molecule has 2 rings (SSSR count). The van der Waals surface area contributed by atoms with Crippen molar-refractivity contribution in [1.29, 1.82) is 5.26 Å². The summed E-state index contributed by atoms with van der Waals surface area (Å²) in [7, 11) is 0. The van der Waals surface area contributed by atoms with Gasteiger partial charge in [0.05, 0.1) is 5.56 Å². The van der Waals surface area contributed by atoms with Crippen molar-refractivity contribution < 1.29 is 13.5 Å². The predicted molar refractivity (Wildman–Crippen MR) is 57.6 cm³/mol. The second-order valence-corrected chi connectivity index (χ2v) is 3.94. The maximum absolute atomic E-state index is 13.5. The second kappa shape index (κ2) is 5.11. The van der Waals surface area contributed by atoms with E-state index in [2.05, 4.69) is 5.32 Å². The van der Waals surface area contributed by atoms with Crippen molar-refractivity contribution in [1.82, 2.24) is 5.32 Å². The van der Waals surface area contributed by atoms with E-state index in [1.165, 1.54) is 0 Å². The van der Waals surface area contributed by atoms with Gasteiger partial charge in [-0.25, -0.2) is 8.78 Å². The van der Waals surface area contributed by atoms with Crippen molar-refractivity contribution in [2.75, 3.05) is 13.1 Å². The lowest BCUT2D eigenvalue weighted by Crippen LogP contribution is -2.34. The van der Waals surface area contributed by atoms with E-state index in [9.17, 15) is 8.78 Å². The Kier molecular flexibility index (Phi) is 3.55. The molecule has 1 heterocycles. The molecule has 3 nitrogen and oxygen atoms in total. The molecule has 1 aliphatic rings. The average molecular weight is 238 g/mol. The molecule has 0 amide bonds. The number of benzene rings is 1. The largest absolute Gasteiger partial charge is 0.487 e. The Balaban J connectivity index is 2.15. The fourth-order valence-electron chi connectivity index (χ4n) is 1.80. The van der Waals surface area contributed by atoms with Gasteiger partial charge in [-0.2, -0.15) is 5.26 Å². The maximum Gasteiger partial charge on any atom is 0.166 e. The Bertz CT molecular complexity index is 451. The zero-order valence-corrected chi connectivity index (χ0v) is 9.17. The standard InChI is InChI=1S/C12H12F2N2O/c13-10-6-12(11(14)5-8(10)7-15)17-9-1-3-16-4-2-9/h5-6,9,16H,1-4H2. The Hall–Kier alpha value is -1.67. The summed E-state index contributed by atoms with van der Waals surface area (Å²) in [6.07, 6.45) is 1.43. The normalized spacial score (nSPS) is 16.5. The number of piperidine rings is 1. The smallest absolute Gasteiger partial charge is 0.166 e. The summed E-state index contributed by atoms with van der Waals surface area (Å²) < 4.78 is 32.2. The first-order chi connectivity index (χ1) is 8.20. The first-order valence-corrected chi connectivity index (χ1v) is 5.47. The fourth-order valence-corrected chi connectivity index (χ4v) is 1.80. The minimum absolute atomic E-state index is 0.0990. The molecule has 0 spiro atoms. The number of hydrogen-bond donors (Lipinski definition) is 1. The van der Waals surface area contributed by atoms with Crippen molar-refractivity contribution in [3.63, 3.8) is 0 Å². The number of hydrogen-bond acceptors (Lipinski definition) is 3. The predicted octanol–water partition coefficient (Wildman–Crippen LogP) is 1.97. The van der Waals surface area contributed by atoms with Gasteiger partial charge in [0.15, 0.2) is 11.6 Å². The summed E-state index contributed by atoms with van der Waals surface area (Å²) in [6, 6.07) is 3.39.